The molecule has 0 aromatic rings. The van der Waals surface area contributed by atoms with E-state index in [-0.39, 0.29) is 0 Å². The lowest BCUT2D eigenvalue weighted by Crippen LogP contribution is -2.22. The second-order valence-electron chi connectivity index (χ2n) is 9.27. The zero-order chi connectivity index (χ0) is 20.8. The third-order valence-corrected chi connectivity index (χ3v) is 7.35. The Bertz CT molecular complexity index is 205. The van der Waals surface area contributed by atoms with Crippen molar-refractivity contribution in [3.8, 4) is 0 Å². The molecule has 0 aliphatic carbocycles. The number of hydrogen-bond acceptors (Lipinski definition) is 4. The lowest BCUT2D eigenvalue weighted by atomic mass is 11.8. The van der Waals surface area contributed by atoms with Gasteiger partial charge in [-0.15, -0.1) is 0 Å². The van der Waals surface area contributed by atoms with Crippen LogP contribution < -0.4 is 0 Å². The van der Waals surface area contributed by atoms with Crippen molar-refractivity contribution < 1.29 is 17.7 Å². The van der Waals surface area contributed by atoms with Gasteiger partial charge in [0, 0.05) is 28.4 Å². The first-order valence-electron chi connectivity index (χ1n) is 8.45. The Labute approximate surface area is 158 Å². The fourth-order valence-electron chi connectivity index (χ4n) is 0. The van der Waals surface area contributed by atoms with Crippen molar-refractivity contribution in [1.82, 2.24) is 0 Å². The summed E-state index contributed by atoms with van der Waals surface area (Å²) >= 11 is 0. The predicted molar refractivity (Wildman–Crippen MR) is 121 cm³/mol. The lowest BCUT2D eigenvalue weighted by molar-refractivity contribution is 0.410. The Morgan fingerprint density at radius 1 is 0.292 bits per heavy atom. The maximum Gasteiger partial charge on any atom is 0.183 e. The quantitative estimate of drug-likeness (QED) is 0.537. The molecular weight excluding hydrogens is 369 g/mol. The molecule has 0 unspecified atom stereocenters. The molecule has 24 heavy (non-hydrogen) atoms. The van der Waals surface area contributed by atoms with Crippen LogP contribution in [0.25, 0.3) is 0 Å². The monoisotopic (exact) mass is 416 g/mol. The van der Waals surface area contributed by atoms with Crippen LogP contribution in [0.5, 0.6) is 0 Å². The van der Waals surface area contributed by atoms with Crippen molar-refractivity contribution in [3.63, 3.8) is 0 Å². The van der Waals surface area contributed by atoms with Crippen LogP contribution in [0.15, 0.2) is 0 Å². The average Bonchev–Trinajstić information content (AvgIpc) is 2.37. The molecule has 0 aliphatic heterocycles. The Hall–Kier alpha value is 0.708. The summed E-state index contributed by atoms with van der Waals surface area (Å²) in [6.45, 7) is 25.9. The molecule has 0 bridgehead atoms. The largest absolute Gasteiger partial charge is 0.421 e. The van der Waals surface area contributed by atoms with Crippen molar-refractivity contribution in [2.75, 3.05) is 28.4 Å². The van der Waals surface area contributed by atoms with E-state index in [0.29, 0.717) is 0 Å². The van der Waals surface area contributed by atoms with Gasteiger partial charge in [-0.3, -0.25) is 0 Å². The highest BCUT2D eigenvalue weighted by molar-refractivity contribution is 6.70. The van der Waals surface area contributed by atoms with E-state index < -0.39 is 33.3 Å². The first-order chi connectivity index (χ1) is 10.2. The Morgan fingerprint density at radius 2 is 0.333 bits per heavy atom. The summed E-state index contributed by atoms with van der Waals surface area (Å²) in [6.07, 6.45) is 0. The lowest BCUT2D eigenvalue weighted by Gasteiger charge is -2.10. The maximum atomic E-state index is 5.08. The van der Waals surface area contributed by atoms with Gasteiger partial charge < -0.3 is 17.7 Å². The molecule has 0 radical (unpaired) electrons. The topological polar surface area (TPSA) is 36.9 Å². The van der Waals surface area contributed by atoms with Gasteiger partial charge in [-0.2, -0.15) is 0 Å². The predicted octanol–water partition coefficient (Wildman–Crippen LogP) is 5.87. The summed E-state index contributed by atoms with van der Waals surface area (Å²) in [5.74, 6) is 0. The minimum Gasteiger partial charge on any atom is -0.421 e. The van der Waals surface area contributed by atoms with Crippen molar-refractivity contribution in [2.24, 2.45) is 0 Å². The van der Waals surface area contributed by atoms with E-state index in [1.807, 2.05) is 0 Å². The normalized spacial score (nSPS) is 12.0. The Kier molecular flexibility index (Phi) is 20.0. The average molecular weight is 417 g/mol. The molecule has 0 amide bonds. The van der Waals surface area contributed by atoms with Crippen LogP contribution >= 0.6 is 0 Å². The van der Waals surface area contributed by atoms with E-state index in [1.54, 1.807) is 28.4 Å². The standard InChI is InChI=1S/4C4H12OSi/c4*1-5-6(2,3)4/h4*1-4H3. The zero-order valence-corrected chi connectivity index (χ0v) is 23.6. The second kappa shape index (κ2) is 14.8. The molecule has 0 fully saturated rings. The van der Waals surface area contributed by atoms with E-state index in [2.05, 4.69) is 78.6 Å². The van der Waals surface area contributed by atoms with Gasteiger partial charge in [-0.1, -0.05) is 0 Å². The smallest absolute Gasteiger partial charge is 0.183 e. The number of hydrogen-bond donors (Lipinski definition) is 0. The molecule has 0 aromatic carbocycles. The van der Waals surface area contributed by atoms with Crippen molar-refractivity contribution in [3.05, 3.63) is 0 Å². The molecule has 4 nitrogen and oxygen atoms in total. The first kappa shape index (κ1) is 32.4. The molecule has 0 saturated carbocycles. The van der Waals surface area contributed by atoms with Gasteiger partial charge in [0.05, 0.1) is 0 Å². The SMILES string of the molecule is CO[Si](C)(C)C.CO[Si](C)(C)C.CO[Si](C)(C)C.CO[Si](C)(C)C. The van der Waals surface area contributed by atoms with Crippen molar-refractivity contribution in [1.29, 1.82) is 0 Å². The molecule has 0 saturated heterocycles. The highest BCUT2D eigenvalue weighted by atomic mass is 28.4. The summed E-state index contributed by atoms with van der Waals surface area (Å²) in [5, 5.41) is 0. The molecule has 0 atom stereocenters. The molecule has 0 aromatic heterocycles. The van der Waals surface area contributed by atoms with Crippen LogP contribution in [0.3, 0.4) is 0 Å². The molecule has 0 spiro atoms. The fraction of sp³-hybridized carbons (Fsp3) is 1.00. The van der Waals surface area contributed by atoms with Crippen LogP contribution in [0.2, 0.25) is 78.6 Å². The zero-order valence-electron chi connectivity index (χ0n) is 19.6. The van der Waals surface area contributed by atoms with Gasteiger partial charge in [-0.25, -0.2) is 0 Å². The molecule has 152 valence electrons. The highest BCUT2D eigenvalue weighted by Gasteiger charge is 2.10. The molecule has 0 aliphatic rings. The van der Waals surface area contributed by atoms with Crippen molar-refractivity contribution in [2.45, 2.75) is 78.6 Å². The van der Waals surface area contributed by atoms with Crippen LogP contribution in [0, 0.1) is 0 Å². The fourth-order valence-corrected chi connectivity index (χ4v) is 0. The van der Waals surface area contributed by atoms with E-state index in [0.717, 1.165) is 0 Å². The molecule has 0 rings (SSSR count). The van der Waals surface area contributed by atoms with Crippen LogP contribution in [0.1, 0.15) is 0 Å². The Balaban J connectivity index is -0.000000111. The summed E-state index contributed by atoms with van der Waals surface area (Å²) in [5.41, 5.74) is 0. The van der Waals surface area contributed by atoms with Gasteiger partial charge >= 0.3 is 0 Å². The van der Waals surface area contributed by atoms with Crippen LogP contribution in [0.4, 0.5) is 0 Å². The molecule has 0 N–H and O–H groups in total. The van der Waals surface area contributed by atoms with E-state index in [1.165, 1.54) is 0 Å². The van der Waals surface area contributed by atoms with Gasteiger partial charge in [0.1, 0.15) is 0 Å². The second-order valence-corrected chi connectivity index (χ2v) is 27.8. The van der Waals surface area contributed by atoms with E-state index >= 15 is 0 Å². The minimum atomic E-state index is -1.13. The van der Waals surface area contributed by atoms with Gasteiger partial charge in [0.15, 0.2) is 33.3 Å². The maximum absolute atomic E-state index is 5.08. The molecule has 0 heterocycles. The van der Waals surface area contributed by atoms with Gasteiger partial charge in [0.25, 0.3) is 0 Å². The first-order valence-corrected chi connectivity index (χ1v) is 22.1. The van der Waals surface area contributed by atoms with Crippen LogP contribution in [-0.2, 0) is 17.7 Å². The van der Waals surface area contributed by atoms with E-state index in [4.69, 9.17) is 17.7 Å². The van der Waals surface area contributed by atoms with Gasteiger partial charge in [-0.05, 0) is 78.6 Å². The van der Waals surface area contributed by atoms with Crippen LogP contribution in [-0.4, -0.2) is 61.7 Å². The summed E-state index contributed by atoms with van der Waals surface area (Å²) in [6, 6.07) is 0. The van der Waals surface area contributed by atoms with Gasteiger partial charge in [0.2, 0.25) is 0 Å². The summed E-state index contributed by atoms with van der Waals surface area (Å²) in [4.78, 5) is 0. The summed E-state index contributed by atoms with van der Waals surface area (Å²) < 4.78 is 20.3. The van der Waals surface area contributed by atoms with E-state index in [9.17, 15) is 0 Å². The third kappa shape index (κ3) is 66.3. The Morgan fingerprint density at radius 3 is 0.333 bits per heavy atom. The summed E-state index contributed by atoms with van der Waals surface area (Å²) in [7, 11) is 2.56. The molecule has 8 heteroatoms. The minimum absolute atomic E-state index is 1.13. The van der Waals surface area contributed by atoms with Crippen molar-refractivity contribution >= 4 is 33.3 Å². The highest BCUT2D eigenvalue weighted by Crippen LogP contribution is 1.99. The third-order valence-electron chi connectivity index (χ3n) is 2.45. The number of rotatable bonds is 4. The molecular formula is C16H48O4Si4.